The summed E-state index contributed by atoms with van der Waals surface area (Å²) in [6.45, 7) is 0.600. The van der Waals surface area contributed by atoms with Gasteiger partial charge in [-0.1, -0.05) is 12.8 Å². The minimum absolute atomic E-state index is 0. The van der Waals surface area contributed by atoms with Gasteiger partial charge in [0.1, 0.15) is 16.5 Å². The molecular formula is C17H22Cl2FN3OS. The fourth-order valence-corrected chi connectivity index (χ4v) is 3.83. The van der Waals surface area contributed by atoms with Crippen molar-refractivity contribution >= 4 is 42.1 Å². The Morgan fingerprint density at radius 2 is 1.92 bits per heavy atom. The fraction of sp³-hybridized carbons (Fsp3) is 0.412. The van der Waals surface area contributed by atoms with E-state index in [1.807, 2.05) is 0 Å². The van der Waals surface area contributed by atoms with Crippen LogP contribution in [0.5, 0.6) is 0 Å². The summed E-state index contributed by atoms with van der Waals surface area (Å²) in [7, 11) is 0. The number of hydrogen-bond acceptors (Lipinski definition) is 4. The zero-order valence-corrected chi connectivity index (χ0v) is 16.1. The summed E-state index contributed by atoms with van der Waals surface area (Å²) in [4.78, 5) is 16.8. The molecule has 4 nitrogen and oxygen atoms in total. The Hall–Kier alpha value is -1.21. The van der Waals surface area contributed by atoms with Crippen molar-refractivity contribution in [2.45, 2.75) is 31.7 Å². The molecule has 3 N–H and O–H groups in total. The van der Waals surface area contributed by atoms with E-state index in [9.17, 15) is 9.18 Å². The van der Waals surface area contributed by atoms with Crippen LogP contribution in [0, 0.1) is 11.7 Å². The number of nitrogens with one attached hydrogen (secondary N) is 1. The van der Waals surface area contributed by atoms with Crippen LogP contribution in [0.25, 0.3) is 10.6 Å². The van der Waals surface area contributed by atoms with Crippen molar-refractivity contribution in [3.63, 3.8) is 0 Å². The minimum Gasteiger partial charge on any atom is -0.348 e. The lowest BCUT2D eigenvalue weighted by atomic mass is 9.84. The van der Waals surface area contributed by atoms with E-state index in [-0.39, 0.29) is 42.6 Å². The molecule has 0 bridgehead atoms. The molecule has 2 atom stereocenters. The number of carbonyl (C=O) groups excluding carboxylic acids is 1. The zero-order chi connectivity index (χ0) is 16.2. The molecular weight excluding hydrogens is 384 g/mol. The number of nitrogens with two attached hydrogens (primary N) is 1. The topological polar surface area (TPSA) is 68.0 Å². The van der Waals surface area contributed by atoms with Gasteiger partial charge in [-0.05, 0) is 49.6 Å². The summed E-state index contributed by atoms with van der Waals surface area (Å²) < 4.78 is 13.0. The Morgan fingerprint density at radius 1 is 1.24 bits per heavy atom. The molecule has 0 saturated heterocycles. The van der Waals surface area contributed by atoms with Crippen LogP contribution in [0.4, 0.5) is 4.39 Å². The lowest BCUT2D eigenvalue weighted by molar-refractivity contribution is 0.0903. The summed E-state index contributed by atoms with van der Waals surface area (Å²) in [6.07, 6.45) is 4.35. The van der Waals surface area contributed by atoms with Gasteiger partial charge in [0.25, 0.3) is 5.91 Å². The third-order valence-electron chi connectivity index (χ3n) is 4.36. The zero-order valence-electron chi connectivity index (χ0n) is 13.6. The van der Waals surface area contributed by atoms with Crippen molar-refractivity contribution in [1.82, 2.24) is 10.3 Å². The molecule has 0 spiro atoms. The lowest BCUT2D eigenvalue weighted by Crippen LogP contribution is -2.44. The highest BCUT2D eigenvalue weighted by Gasteiger charge is 2.26. The molecule has 1 heterocycles. The Balaban J connectivity index is 0.00000156. The molecule has 25 heavy (non-hydrogen) atoms. The first-order valence-electron chi connectivity index (χ1n) is 7.90. The predicted octanol–water partition coefficient (Wildman–Crippen LogP) is 4.04. The second-order valence-electron chi connectivity index (χ2n) is 5.90. The number of aromatic nitrogens is 1. The second-order valence-corrected chi connectivity index (χ2v) is 6.76. The maximum atomic E-state index is 13.0. The Labute approximate surface area is 163 Å². The molecule has 1 aromatic heterocycles. The van der Waals surface area contributed by atoms with Crippen molar-refractivity contribution in [3.05, 3.63) is 41.2 Å². The number of carbonyl (C=O) groups is 1. The largest absolute Gasteiger partial charge is 0.348 e. The van der Waals surface area contributed by atoms with Gasteiger partial charge >= 0.3 is 0 Å². The molecule has 2 unspecified atom stereocenters. The molecule has 8 heteroatoms. The van der Waals surface area contributed by atoms with Crippen molar-refractivity contribution in [2.75, 3.05) is 6.54 Å². The van der Waals surface area contributed by atoms with Crippen LogP contribution < -0.4 is 11.1 Å². The number of rotatable bonds is 4. The smallest absolute Gasteiger partial charge is 0.271 e. The molecule has 0 aliphatic heterocycles. The van der Waals surface area contributed by atoms with E-state index in [0.29, 0.717) is 23.2 Å². The second kappa shape index (κ2) is 10.1. The maximum Gasteiger partial charge on any atom is 0.271 e. The highest BCUT2D eigenvalue weighted by atomic mass is 35.5. The number of benzene rings is 1. The SMILES string of the molecule is Cl.Cl.NCC1CCCCC1NC(=O)c1csc(-c2ccc(F)cc2)n1. The van der Waals surface area contributed by atoms with Crippen LogP contribution >= 0.6 is 36.2 Å². The summed E-state index contributed by atoms with van der Waals surface area (Å²) in [5.74, 6) is -0.0868. The van der Waals surface area contributed by atoms with Crippen LogP contribution in [0.1, 0.15) is 36.2 Å². The van der Waals surface area contributed by atoms with Crippen molar-refractivity contribution in [3.8, 4) is 10.6 Å². The number of halogens is 3. The van der Waals surface area contributed by atoms with Gasteiger partial charge in [-0.15, -0.1) is 36.2 Å². The van der Waals surface area contributed by atoms with Crippen molar-refractivity contribution < 1.29 is 9.18 Å². The highest BCUT2D eigenvalue weighted by molar-refractivity contribution is 7.13. The van der Waals surface area contributed by atoms with E-state index in [0.717, 1.165) is 24.8 Å². The molecule has 1 amide bonds. The maximum absolute atomic E-state index is 13.0. The Morgan fingerprint density at radius 3 is 2.60 bits per heavy atom. The monoisotopic (exact) mass is 405 g/mol. The van der Waals surface area contributed by atoms with Gasteiger partial charge in [0, 0.05) is 17.0 Å². The van der Waals surface area contributed by atoms with Crippen LogP contribution in [0.15, 0.2) is 29.6 Å². The molecule has 2 aromatic rings. The van der Waals surface area contributed by atoms with Crippen LogP contribution in [-0.4, -0.2) is 23.5 Å². The van der Waals surface area contributed by atoms with Gasteiger partial charge in [0.15, 0.2) is 0 Å². The summed E-state index contributed by atoms with van der Waals surface area (Å²) in [5, 5.41) is 5.54. The summed E-state index contributed by atoms with van der Waals surface area (Å²) in [5.41, 5.74) is 7.03. The predicted molar refractivity (Wildman–Crippen MR) is 104 cm³/mol. The molecule has 138 valence electrons. The van der Waals surface area contributed by atoms with E-state index in [1.54, 1.807) is 17.5 Å². The van der Waals surface area contributed by atoms with Gasteiger partial charge in [-0.3, -0.25) is 4.79 Å². The van der Waals surface area contributed by atoms with E-state index >= 15 is 0 Å². The first-order valence-corrected chi connectivity index (χ1v) is 8.77. The van der Waals surface area contributed by atoms with E-state index < -0.39 is 0 Å². The lowest BCUT2D eigenvalue weighted by Gasteiger charge is -2.31. The van der Waals surface area contributed by atoms with E-state index in [1.165, 1.54) is 29.9 Å². The quantitative estimate of drug-likeness (QED) is 0.805. The normalized spacial score (nSPS) is 19.4. The average Bonchev–Trinajstić information content (AvgIpc) is 3.06. The van der Waals surface area contributed by atoms with Gasteiger partial charge < -0.3 is 11.1 Å². The fourth-order valence-electron chi connectivity index (χ4n) is 3.03. The third kappa shape index (κ3) is 5.38. The molecule has 1 saturated carbocycles. The van der Waals surface area contributed by atoms with Crippen LogP contribution in [0.3, 0.4) is 0 Å². The summed E-state index contributed by atoms with van der Waals surface area (Å²) >= 11 is 1.39. The van der Waals surface area contributed by atoms with Gasteiger partial charge in [-0.2, -0.15) is 0 Å². The van der Waals surface area contributed by atoms with Gasteiger partial charge in [-0.25, -0.2) is 9.37 Å². The molecule has 0 radical (unpaired) electrons. The van der Waals surface area contributed by atoms with Crippen LogP contribution in [0.2, 0.25) is 0 Å². The molecule has 1 aliphatic carbocycles. The van der Waals surface area contributed by atoms with Crippen molar-refractivity contribution in [2.24, 2.45) is 11.7 Å². The average molecular weight is 406 g/mol. The third-order valence-corrected chi connectivity index (χ3v) is 5.25. The summed E-state index contributed by atoms with van der Waals surface area (Å²) in [6, 6.07) is 6.26. The van der Waals surface area contributed by atoms with Crippen molar-refractivity contribution in [1.29, 1.82) is 0 Å². The molecule has 1 fully saturated rings. The van der Waals surface area contributed by atoms with Crippen LogP contribution in [-0.2, 0) is 0 Å². The van der Waals surface area contributed by atoms with Gasteiger partial charge in [0.05, 0.1) is 0 Å². The standard InChI is InChI=1S/C17H20FN3OS.2ClH/c18-13-7-5-11(6-8-13)17-21-15(10-23-17)16(22)20-14-4-2-1-3-12(14)9-19;;/h5-8,10,12,14H,1-4,9,19H2,(H,20,22);2*1H. The molecule has 1 aromatic carbocycles. The van der Waals surface area contributed by atoms with E-state index in [4.69, 9.17) is 5.73 Å². The number of nitrogens with zero attached hydrogens (tertiary/aromatic N) is 1. The highest BCUT2D eigenvalue weighted by Crippen LogP contribution is 2.26. The van der Waals surface area contributed by atoms with E-state index in [2.05, 4.69) is 10.3 Å². The minimum atomic E-state index is -0.284. The number of amides is 1. The first kappa shape index (κ1) is 21.8. The molecule has 1 aliphatic rings. The number of thiazole rings is 1. The molecule has 3 rings (SSSR count). The number of hydrogen-bond donors (Lipinski definition) is 2. The first-order chi connectivity index (χ1) is 11.2. The van der Waals surface area contributed by atoms with Gasteiger partial charge in [0.2, 0.25) is 0 Å². The Kier molecular flexibility index (Phi) is 8.79. The Bertz CT molecular complexity index is 681.